The van der Waals surface area contributed by atoms with Gasteiger partial charge in [0.05, 0.1) is 5.75 Å². The summed E-state index contributed by atoms with van der Waals surface area (Å²) in [5.74, 6) is 0.110. The Morgan fingerprint density at radius 1 is 1.00 bits per heavy atom. The highest BCUT2D eigenvalue weighted by atomic mass is 32.2. The van der Waals surface area contributed by atoms with E-state index in [1.807, 2.05) is 32.9 Å². The molecule has 2 rings (SSSR count). The van der Waals surface area contributed by atoms with Crippen LogP contribution in [0.4, 0.5) is 0 Å². The molecule has 6 heteroatoms. The van der Waals surface area contributed by atoms with Gasteiger partial charge < -0.3 is 4.90 Å². The number of rotatable bonds is 3. The lowest BCUT2D eigenvalue weighted by atomic mass is 10.00. The second-order valence-electron chi connectivity index (χ2n) is 6.20. The molecule has 0 aromatic heterocycles. The summed E-state index contributed by atoms with van der Waals surface area (Å²) in [5.41, 5.74) is 3.97. The first kappa shape index (κ1) is 17.9. The van der Waals surface area contributed by atoms with Crippen molar-refractivity contribution in [3.05, 3.63) is 34.4 Å². The molecule has 1 heterocycles. The van der Waals surface area contributed by atoms with Gasteiger partial charge in [0.25, 0.3) is 5.91 Å². The Kier molecular flexibility index (Phi) is 5.47. The zero-order valence-corrected chi connectivity index (χ0v) is 15.2. The standard InChI is InChI=1S/C17H26N2O3S/c1-5-23(21,22)19-8-6-7-18(9-10-19)17(20)16-12-14(3)13(2)11-15(16)4/h11-12H,5-10H2,1-4H3. The second-order valence-corrected chi connectivity index (χ2v) is 8.45. The zero-order valence-electron chi connectivity index (χ0n) is 14.4. The van der Waals surface area contributed by atoms with Gasteiger partial charge in [0, 0.05) is 31.7 Å². The molecule has 0 bridgehead atoms. The number of aryl methyl sites for hydroxylation is 3. The predicted octanol–water partition coefficient (Wildman–Crippen LogP) is 2.11. The Hall–Kier alpha value is -1.40. The fourth-order valence-electron chi connectivity index (χ4n) is 2.92. The monoisotopic (exact) mass is 338 g/mol. The summed E-state index contributed by atoms with van der Waals surface area (Å²) in [6.07, 6.45) is 0.675. The quantitative estimate of drug-likeness (QED) is 0.848. The topological polar surface area (TPSA) is 57.7 Å². The van der Waals surface area contributed by atoms with Crippen molar-refractivity contribution in [3.8, 4) is 0 Å². The third kappa shape index (κ3) is 3.93. The minimum atomic E-state index is -3.18. The number of carbonyl (C=O) groups excluding carboxylic acids is 1. The third-order valence-electron chi connectivity index (χ3n) is 4.57. The van der Waals surface area contributed by atoms with Gasteiger partial charge in [-0.2, -0.15) is 0 Å². The lowest BCUT2D eigenvalue weighted by Crippen LogP contribution is -2.38. The predicted molar refractivity (Wildman–Crippen MR) is 92.2 cm³/mol. The van der Waals surface area contributed by atoms with Crippen LogP contribution in [0, 0.1) is 20.8 Å². The molecule has 0 aliphatic carbocycles. The minimum absolute atomic E-state index is 0.00125. The van der Waals surface area contributed by atoms with E-state index in [4.69, 9.17) is 0 Å². The van der Waals surface area contributed by atoms with Gasteiger partial charge in [-0.05, 0) is 56.9 Å². The first-order valence-corrected chi connectivity index (χ1v) is 9.72. The molecule has 1 aromatic carbocycles. The molecule has 23 heavy (non-hydrogen) atoms. The van der Waals surface area contributed by atoms with Crippen LogP contribution in [0.5, 0.6) is 0 Å². The highest BCUT2D eigenvalue weighted by molar-refractivity contribution is 7.89. The fourth-order valence-corrected chi connectivity index (χ4v) is 4.05. The van der Waals surface area contributed by atoms with Crippen molar-refractivity contribution in [2.75, 3.05) is 31.9 Å². The third-order valence-corrected chi connectivity index (χ3v) is 6.45. The Labute approximate surface area is 139 Å². The zero-order chi connectivity index (χ0) is 17.2. The van der Waals surface area contributed by atoms with Crippen LogP contribution in [-0.4, -0.2) is 55.5 Å². The Bertz CT molecular complexity index is 698. The van der Waals surface area contributed by atoms with E-state index in [1.54, 1.807) is 11.8 Å². The highest BCUT2D eigenvalue weighted by Gasteiger charge is 2.26. The summed E-state index contributed by atoms with van der Waals surface area (Å²) in [6.45, 7) is 9.56. The van der Waals surface area contributed by atoms with Gasteiger partial charge in [-0.15, -0.1) is 0 Å². The number of carbonyl (C=O) groups is 1. The van der Waals surface area contributed by atoms with Crippen LogP contribution in [0.3, 0.4) is 0 Å². The van der Waals surface area contributed by atoms with Crippen LogP contribution >= 0.6 is 0 Å². The summed E-state index contributed by atoms with van der Waals surface area (Å²) >= 11 is 0. The highest BCUT2D eigenvalue weighted by Crippen LogP contribution is 2.18. The molecule has 0 N–H and O–H groups in total. The summed E-state index contributed by atoms with van der Waals surface area (Å²) in [5, 5.41) is 0. The van der Waals surface area contributed by atoms with Crippen LogP contribution in [0.25, 0.3) is 0 Å². The first-order valence-electron chi connectivity index (χ1n) is 8.11. The van der Waals surface area contributed by atoms with E-state index in [0.717, 1.165) is 16.7 Å². The van der Waals surface area contributed by atoms with Gasteiger partial charge in [-0.1, -0.05) is 6.07 Å². The van der Waals surface area contributed by atoms with Crippen molar-refractivity contribution < 1.29 is 13.2 Å². The Morgan fingerprint density at radius 2 is 1.65 bits per heavy atom. The van der Waals surface area contributed by atoms with E-state index < -0.39 is 10.0 Å². The molecular formula is C17H26N2O3S. The average Bonchev–Trinajstić information content (AvgIpc) is 2.76. The first-order chi connectivity index (χ1) is 10.8. The van der Waals surface area contributed by atoms with Gasteiger partial charge >= 0.3 is 0 Å². The minimum Gasteiger partial charge on any atom is -0.337 e. The fraction of sp³-hybridized carbons (Fsp3) is 0.588. The largest absolute Gasteiger partial charge is 0.337 e. The number of amides is 1. The lowest BCUT2D eigenvalue weighted by molar-refractivity contribution is 0.0763. The number of nitrogens with zero attached hydrogens (tertiary/aromatic N) is 2. The molecule has 0 radical (unpaired) electrons. The van der Waals surface area contributed by atoms with E-state index in [-0.39, 0.29) is 11.7 Å². The molecule has 1 saturated heterocycles. The molecule has 0 unspecified atom stereocenters. The number of hydrogen-bond acceptors (Lipinski definition) is 3. The molecule has 1 aliphatic heterocycles. The van der Waals surface area contributed by atoms with Crippen LogP contribution < -0.4 is 0 Å². The van der Waals surface area contributed by atoms with Crippen molar-refractivity contribution >= 4 is 15.9 Å². The summed E-state index contributed by atoms with van der Waals surface area (Å²) in [7, 11) is -3.18. The van der Waals surface area contributed by atoms with Gasteiger partial charge in [0.15, 0.2) is 0 Å². The lowest BCUT2D eigenvalue weighted by Gasteiger charge is -2.23. The maximum Gasteiger partial charge on any atom is 0.254 e. The SMILES string of the molecule is CCS(=O)(=O)N1CCCN(C(=O)c2cc(C)c(C)cc2C)CC1. The molecule has 1 aromatic rings. The molecule has 5 nitrogen and oxygen atoms in total. The van der Waals surface area contributed by atoms with E-state index in [1.165, 1.54) is 9.87 Å². The molecule has 0 saturated carbocycles. The van der Waals surface area contributed by atoms with Crippen molar-refractivity contribution in [3.63, 3.8) is 0 Å². The van der Waals surface area contributed by atoms with E-state index in [2.05, 4.69) is 0 Å². The van der Waals surface area contributed by atoms with E-state index >= 15 is 0 Å². The maximum absolute atomic E-state index is 12.8. The molecule has 128 valence electrons. The maximum atomic E-state index is 12.8. The molecular weight excluding hydrogens is 312 g/mol. The smallest absolute Gasteiger partial charge is 0.254 e. The van der Waals surface area contributed by atoms with Crippen LogP contribution in [-0.2, 0) is 10.0 Å². The molecule has 1 fully saturated rings. The van der Waals surface area contributed by atoms with Crippen molar-refractivity contribution in [2.24, 2.45) is 0 Å². The van der Waals surface area contributed by atoms with Crippen LogP contribution in [0.1, 0.15) is 40.4 Å². The summed E-state index contributed by atoms with van der Waals surface area (Å²) in [6, 6.07) is 3.98. The molecule has 1 aliphatic rings. The van der Waals surface area contributed by atoms with E-state index in [9.17, 15) is 13.2 Å². The second kappa shape index (κ2) is 7.01. The van der Waals surface area contributed by atoms with Crippen LogP contribution in [0.15, 0.2) is 12.1 Å². The van der Waals surface area contributed by atoms with Crippen LogP contribution in [0.2, 0.25) is 0 Å². The summed E-state index contributed by atoms with van der Waals surface area (Å²) in [4.78, 5) is 14.6. The molecule has 0 atom stereocenters. The van der Waals surface area contributed by atoms with Gasteiger partial charge in [-0.3, -0.25) is 4.79 Å². The van der Waals surface area contributed by atoms with Crippen molar-refractivity contribution in [1.82, 2.24) is 9.21 Å². The van der Waals surface area contributed by atoms with E-state index in [0.29, 0.717) is 32.6 Å². The van der Waals surface area contributed by atoms with Gasteiger partial charge in [-0.25, -0.2) is 12.7 Å². The molecule has 0 spiro atoms. The van der Waals surface area contributed by atoms with Crippen molar-refractivity contribution in [1.29, 1.82) is 0 Å². The summed E-state index contributed by atoms with van der Waals surface area (Å²) < 4.78 is 25.5. The van der Waals surface area contributed by atoms with Gasteiger partial charge in [0.2, 0.25) is 10.0 Å². The normalized spacial score (nSPS) is 17.1. The Balaban J connectivity index is 2.17. The average molecular weight is 338 g/mol. The number of sulfonamides is 1. The number of benzene rings is 1. The Morgan fingerprint density at radius 3 is 2.30 bits per heavy atom. The van der Waals surface area contributed by atoms with Gasteiger partial charge in [0.1, 0.15) is 0 Å². The molecule has 1 amide bonds. The number of hydrogen-bond donors (Lipinski definition) is 0. The van der Waals surface area contributed by atoms with Crippen molar-refractivity contribution in [2.45, 2.75) is 34.1 Å².